The maximum absolute atomic E-state index is 13.7. The predicted octanol–water partition coefficient (Wildman–Crippen LogP) is 6.24. The summed E-state index contributed by atoms with van der Waals surface area (Å²) in [4.78, 5) is 14.9. The molecule has 0 N–H and O–H groups in total. The molecule has 3 aromatic carbocycles. The van der Waals surface area contributed by atoms with Gasteiger partial charge in [-0.05, 0) is 67.3 Å². The molecule has 38 heavy (non-hydrogen) atoms. The van der Waals surface area contributed by atoms with E-state index in [2.05, 4.69) is 24.1 Å². The zero-order valence-corrected chi connectivity index (χ0v) is 23.7. The number of ether oxygens (including phenoxy) is 1. The van der Waals surface area contributed by atoms with Gasteiger partial charge in [-0.3, -0.25) is 9.10 Å². The molecule has 200 valence electrons. The van der Waals surface area contributed by atoms with E-state index >= 15 is 0 Å². The van der Waals surface area contributed by atoms with Gasteiger partial charge >= 0.3 is 0 Å². The summed E-state index contributed by atoms with van der Waals surface area (Å²) in [6.07, 6.45) is 0.691. The molecule has 0 aliphatic carbocycles. The number of anilines is 2. The molecule has 0 bridgehead atoms. The molecule has 2 aliphatic heterocycles. The van der Waals surface area contributed by atoms with Crippen LogP contribution in [0, 0.1) is 25.7 Å². The van der Waals surface area contributed by atoms with E-state index in [0.717, 1.165) is 39.9 Å². The Balaban J connectivity index is 1.50. The van der Waals surface area contributed by atoms with Crippen LogP contribution in [0.3, 0.4) is 0 Å². The minimum atomic E-state index is -3.76. The molecule has 1 saturated heterocycles. The van der Waals surface area contributed by atoms with Gasteiger partial charge < -0.3 is 9.64 Å². The van der Waals surface area contributed by atoms with Crippen LogP contribution in [-0.4, -0.2) is 34.9 Å². The van der Waals surface area contributed by atoms with Gasteiger partial charge in [0.05, 0.1) is 22.7 Å². The lowest BCUT2D eigenvalue weighted by atomic mass is 9.79. The summed E-state index contributed by atoms with van der Waals surface area (Å²) in [6, 6.07) is 19.1. The first-order valence-corrected chi connectivity index (χ1v) is 14.6. The average molecular weight is 533 g/mol. The molecule has 0 radical (unpaired) electrons. The van der Waals surface area contributed by atoms with Crippen LogP contribution in [0.15, 0.2) is 65.6 Å². The van der Waals surface area contributed by atoms with Crippen molar-refractivity contribution < 1.29 is 17.9 Å². The summed E-state index contributed by atoms with van der Waals surface area (Å²) in [6.45, 7) is 8.45. The number of ketones is 1. The van der Waals surface area contributed by atoms with Gasteiger partial charge in [0, 0.05) is 49.4 Å². The Bertz CT molecular complexity index is 1480. The second kappa shape index (κ2) is 9.86. The minimum absolute atomic E-state index is 0.0442. The quantitative estimate of drug-likeness (QED) is 0.352. The number of Topliss-reactive ketones (excluding diaryl/α,β-unsaturated/α-hetero) is 1. The number of hydrogen-bond donors (Lipinski definition) is 0. The van der Waals surface area contributed by atoms with Gasteiger partial charge in [-0.15, -0.1) is 0 Å². The molecule has 1 fully saturated rings. The summed E-state index contributed by atoms with van der Waals surface area (Å²) >= 11 is 0. The van der Waals surface area contributed by atoms with Crippen molar-refractivity contribution in [1.82, 2.24) is 0 Å². The van der Waals surface area contributed by atoms with Crippen LogP contribution in [0.1, 0.15) is 65.0 Å². The van der Waals surface area contributed by atoms with Crippen LogP contribution >= 0.6 is 0 Å². The normalized spacial score (nSPS) is 20.8. The number of sulfonamides is 1. The highest BCUT2D eigenvalue weighted by atomic mass is 32.2. The molecule has 1 unspecified atom stereocenters. The lowest BCUT2D eigenvalue weighted by Gasteiger charge is -2.43. The molecule has 6 nitrogen and oxygen atoms in total. The van der Waals surface area contributed by atoms with E-state index in [1.807, 2.05) is 64.1 Å². The lowest BCUT2D eigenvalue weighted by Crippen LogP contribution is -2.37. The maximum Gasteiger partial charge on any atom is 0.264 e. The van der Waals surface area contributed by atoms with Gasteiger partial charge in [0.1, 0.15) is 0 Å². The third-order valence-corrected chi connectivity index (χ3v) is 10.0. The minimum Gasteiger partial charge on any atom is -0.373 e. The Morgan fingerprint density at radius 3 is 2.37 bits per heavy atom. The van der Waals surface area contributed by atoms with E-state index in [-0.39, 0.29) is 34.7 Å². The van der Waals surface area contributed by atoms with Crippen molar-refractivity contribution in [1.29, 1.82) is 0 Å². The van der Waals surface area contributed by atoms with Crippen LogP contribution in [0.25, 0.3) is 0 Å². The van der Waals surface area contributed by atoms with Gasteiger partial charge in [-0.2, -0.15) is 0 Å². The molecule has 7 heteroatoms. The highest BCUT2D eigenvalue weighted by molar-refractivity contribution is 7.92. The predicted molar refractivity (Wildman–Crippen MR) is 152 cm³/mol. The maximum atomic E-state index is 13.7. The van der Waals surface area contributed by atoms with Crippen molar-refractivity contribution >= 4 is 27.2 Å². The number of benzene rings is 3. The smallest absolute Gasteiger partial charge is 0.264 e. The van der Waals surface area contributed by atoms with E-state index in [1.165, 1.54) is 4.31 Å². The standard InChI is InChI=1S/C31H36N2O4S/c1-19(2)30(34)23-10-8-22(9-11-23)29-26-15-16-37-31(26)27-18-25(13-14-28(27)32(29)5)38(35,36)33(6)24-12-7-20(3)21(4)17-24/h7-14,17-19,26,29,31H,15-16H2,1-6H3/t26-,29?,31-/m0/s1. The zero-order chi connectivity index (χ0) is 27.4. The van der Waals surface area contributed by atoms with E-state index in [4.69, 9.17) is 4.74 Å². The highest BCUT2D eigenvalue weighted by Crippen LogP contribution is 2.53. The first-order chi connectivity index (χ1) is 18.0. The van der Waals surface area contributed by atoms with Crippen LogP contribution < -0.4 is 9.21 Å². The van der Waals surface area contributed by atoms with Crippen molar-refractivity contribution in [3.63, 3.8) is 0 Å². The Morgan fingerprint density at radius 2 is 1.71 bits per heavy atom. The van der Waals surface area contributed by atoms with Crippen molar-refractivity contribution in [2.24, 2.45) is 11.8 Å². The van der Waals surface area contributed by atoms with E-state index in [9.17, 15) is 13.2 Å². The molecular weight excluding hydrogens is 496 g/mol. The average Bonchev–Trinajstić information content (AvgIpc) is 3.39. The molecule has 5 rings (SSSR count). The monoisotopic (exact) mass is 532 g/mol. The number of nitrogens with zero attached hydrogens (tertiary/aromatic N) is 2. The molecule has 2 heterocycles. The van der Waals surface area contributed by atoms with Crippen molar-refractivity contribution in [3.8, 4) is 0 Å². The third kappa shape index (κ3) is 4.41. The Labute approximate surface area is 226 Å². The second-order valence-corrected chi connectivity index (χ2v) is 12.9. The van der Waals surface area contributed by atoms with Gasteiger partial charge in [0.15, 0.2) is 5.78 Å². The Morgan fingerprint density at radius 1 is 1.00 bits per heavy atom. The topological polar surface area (TPSA) is 66.9 Å². The number of carbonyl (C=O) groups excluding carboxylic acids is 1. The number of fused-ring (bicyclic) bond motifs is 3. The lowest BCUT2D eigenvalue weighted by molar-refractivity contribution is 0.0789. The van der Waals surface area contributed by atoms with Crippen LogP contribution in [-0.2, 0) is 14.8 Å². The molecule has 0 aromatic heterocycles. The molecule has 3 aromatic rings. The van der Waals surface area contributed by atoms with Crippen molar-refractivity contribution in [2.75, 3.05) is 29.9 Å². The fourth-order valence-electron chi connectivity index (χ4n) is 5.80. The second-order valence-electron chi connectivity index (χ2n) is 10.9. The van der Waals surface area contributed by atoms with Gasteiger partial charge in [0.2, 0.25) is 0 Å². The number of aryl methyl sites for hydroxylation is 2. The fourth-order valence-corrected chi connectivity index (χ4v) is 7.02. The van der Waals surface area contributed by atoms with Crippen molar-refractivity contribution in [2.45, 2.75) is 51.2 Å². The molecular formula is C31H36N2O4S. The largest absolute Gasteiger partial charge is 0.373 e. The summed E-state index contributed by atoms with van der Waals surface area (Å²) in [7, 11) is -0.103. The third-order valence-electron chi connectivity index (χ3n) is 8.22. The van der Waals surface area contributed by atoms with E-state index < -0.39 is 10.0 Å². The van der Waals surface area contributed by atoms with E-state index in [1.54, 1.807) is 19.2 Å². The Kier molecular flexibility index (Phi) is 6.86. The van der Waals surface area contributed by atoms with Gasteiger partial charge in [-0.25, -0.2) is 8.42 Å². The summed E-state index contributed by atoms with van der Waals surface area (Å²) in [5, 5.41) is 0. The molecule has 0 amide bonds. The molecule has 0 saturated carbocycles. The highest BCUT2D eigenvalue weighted by Gasteiger charge is 2.44. The summed E-state index contributed by atoms with van der Waals surface area (Å²) in [5.74, 6) is 0.271. The molecule has 0 spiro atoms. The van der Waals surface area contributed by atoms with Crippen LogP contribution in [0.2, 0.25) is 0 Å². The van der Waals surface area contributed by atoms with Crippen LogP contribution in [0.4, 0.5) is 11.4 Å². The first kappa shape index (κ1) is 26.4. The first-order valence-electron chi connectivity index (χ1n) is 13.2. The van der Waals surface area contributed by atoms with E-state index in [0.29, 0.717) is 12.3 Å². The van der Waals surface area contributed by atoms with Crippen LogP contribution in [0.5, 0.6) is 0 Å². The number of carbonyl (C=O) groups is 1. The fraction of sp³-hybridized carbons (Fsp3) is 0.387. The van der Waals surface area contributed by atoms with Crippen molar-refractivity contribution in [3.05, 3.63) is 88.5 Å². The summed E-state index contributed by atoms with van der Waals surface area (Å²) in [5.41, 5.74) is 6.54. The molecule has 3 atom stereocenters. The van der Waals surface area contributed by atoms with Gasteiger partial charge in [-0.1, -0.05) is 44.2 Å². The number of hydrogen-bond acceptors (Lipinski definition) is 5. The molecule has 2 aliphatic rings. The Hall–Kier alpha value is -3.16. The zero-order valence-electron chi connectivity index (χ0n) is 22.9. The summed E-state index contributed by atoms with van der Waals surface area (Å²) < 4.78 is 34.9. The van der Waals surface area contributed by atoms with Gasteiger partial charge in [0.25, 0.3) is 10.0 Å². The number of rotatable bonds is 6. The SMILES string of the molecule is Cc1ccc(N(C)S(=O)(=O)c2ccc3c(c2)[C@H]2OCC[C@H]2C(c2ccc(C(=O)C(C)C)cc2)N3C)cc1C.